The molecule has 1 aliphatic heterocycles. The molecular formula is C30H35NO5. The molecular weight excluding hydrogens is 454 g/mol. The Bertz CT molecular complexity index is 1150. The Morgan fingerprint density at radius 2 is 1.75 bits per heavy atom. The van der Waals surface area contributed by atoms with E-state index in [-0.39, 0.29) is 23.9 Å². The number of Topliss-reactive ketones (excluding diaryl/α,β-unsaturated/α-hetero) is 1. The smallest absolute Gasteiger partial charge is 0.163 e. The molecule has 1 fully saturated rings. The summed E-state index contributed by atoms with van der Waals surface area (Å²) >= 11 is 0. The van der Waals surface area contributed by atoms with Crippen molar-refractivity contribution in [3.63, 3.8) is 0 Å². The molecule has 0 aliphatic carbocycles. The normalized spacial score (nSPS) is 16.4. The fourth-order valence-electron chi connectivity index (χ4n) is 4.47. The van der Waals surface area contributed by atoms with E-state index in [1.807, 2.05) is 55.5 Å². The van der Waals surface area contributed by atoms with E-state index in [2.05, 4.69) is 0 Å². The molecule has 3 N–H and O–H groups in total. The summed E-state index contributed by atoms with van der Waals surface area (Å²) in [7, 11) is 0. The molecule has 0 amide bonds. The van der Waals surface area contributed by atoms with Crippen molar-refractivity contribution < 1.29 is 24.1 Å². The molecule has 0 saturated carbocycles. The summed E-state index contributed by atoms with van der Waals surface area (Å²) < 4.78 is 18.3. The Hall–Kier alpha value is -3.35. The van der Waals surface area contributed by atoms with Crippen LogP contribution in [0.3, 0.4) is 0 Å². The number of aromatic hydroxyl groups is 1. The lowest BCUT2D eigenvalue weighted by atomic mass is 9.99. The van der Waals surface area contributed by atoms with Gasteiger partial charge in [-0.05, 0) is 73.6 Å². The van der Waals surface area contributed by atoms with Crippen molar-refractivity contribution in [1.29, 1.82) is 0 Å². The van der Waals surface area contributed by atoms with Crippen LogP contribution < -0.4 is 10.5 Å². The molecule has 190 valence electrons. The predicted octanol–water partition coefficient (Wildman–Crippen LogP) is 6.34. The van der Waals surface area contributed by atoms with Crippen LogP contribution in [0.25, 0.3) is 0 Å². The second-order valence-electron chi connectivity index (χ2n) is 9.25. The van der Waals surface area contributed by atoms with Gasteiger partial charge in [0.05, 0.1) is 5.56 Å². The van der Waals surface area contributed by atoms with Gasteiger partial charge in [0, 0.05) is 17.9 Å². The standard InChI is InChI=1S/C30H35NO5/c1-3-6-26-27(17-16-25(20(2)32)29(26)33)35-19-21-8-10-22(11-9-21)30(23-12-14-24(31)15-13-23)36-28-7-4-5-18-34-28/h8-17,28,30,33H,3-7,18-19,31H2,1-2H3. The van der Waals surface area contributed by atoms with Gasteiger partial charge in [-0.15, -0.1) is 0 Å². The van der Waals surface area contributed by atoms with E-state index in [4.69, 9.17) is 19.9 Å². The third-order valence-electron chi connectivity index (χ3n) is 6.46. The monoisotopic (exact) mass is 489 g/mol. The van der Waals surface area contributed by atoms with Gasteiger partial charge in [0.2, 0.25) is 0 Å². The van der Waals surface area contributed by atoms with E-state index in [0.29, 0.717) is 35.6 Å². The minimum Gasteiger partial charge on any atom is -0.507 e. The number of hydrogen-bond donors (Lipinski definition) is 2. The Kier molecular flexibility index (Phi) is 8.62. The maximum atomic E-state index is 11.8. The number of phenols is 1. The maximum Gasteiger partial charge on any atom is 0.163 e. The summed E-state index contributed by atoms with van der Waals surface area (Å²) in [5.41, 5.74) is 10.6. The zero-order valence-electron chi connectivity index (χ0n) is 21.0. The molecule has 0 bridgehead atoms. The van der Waals surface area contributed by atoms with Crippen molar-refractivity contribution in [3.05, 3.63) is 88.5 Å². The number of ether oxygens (including phenoxy) is 3. The minimum absolute atomic E-state index is 0.0191. The van der Waals surface area contributed by atoms with E-state index < -0.39 is 0 Å². The van der Waals surface area contributed by atoms with Gasteiger partial charge in [-0.1, -0.05) is 49.7 Å². The van der Waals surface area contributed by atoms with Crippen LogP contribution >= 0.6 is 0 Å². The van der Waals surface area contributed by atoms with Crippen LogP contribution in [0.15, 0.2) is 60.7 Å². The molecule has 1 aliphatic rings. The number of carbonyl (C=O) groups is 1. The number of carbonyl (C=O) groups excluding carboxylic acids is 1. The molecule has 6 nitrogen and oxygen atoms in total. The van der Waals surface area contributed by atoms with Crippen LogP contribution in [-0.4, -0.2) is 23.8 Å². The van der Waals surface area contributed by atoms with Crippen molar-refractivity contribution in [1.82, 2.24) is 0 Å². The van der Waals surface area contributed by atoms with Crippen LogP contribution in [-0.2, 0) is 22.5 Å². The molecule has 1 saturated heterocycles. The second-order valence-corrected chi connectivity index (χ2v) is 9.25. The Morgan fingerprint density at radius 3 is 2.36 bits per heavy atom. The summed E-state index contributed by atoms with van der Waals surface area (Å²) in [5, 5.41) is 10.6. The second kappa shape index (κ2) is 12.1. The van der Waals surface area contributed by atoms with Gasteiger partial charge >= 0.3 is 0 Å². The Labute approximate surface area is 213 Å². The highest BCUT2D eigenvalue weighted by molar-refractivity contribution is 5.97. The van der Waals surface area contributed by atoms with Gasteiger partial charge in [0.1, 0.15) is 24.2 Å². The van der Waals surface area contributed by atoms with Crippen LogP contribution in [0.2, 0.25) is 0 Å². The summed E-state index contributed by atoms with van der Waals surface area (Å²) in [5.74, 6) is 0.454. The molecule has 1 heterocycles. The summed E-state index contributed by atoms with van der Waals surface area (Å²) in [6, 6.07) is 19.3. The highest BCUT2D eigenvalue weighted by atomic mass is 16.7. The van der Waals surface area contributed by atoms with Crippen LogP contribution in [0.1, 0.15) is 78.2 Å². The first kappa shape index (κ1) is 25.7. The lowest BCUT2D eigenvalue weighted by Crippen LogP contribution is -2.25. The molecule has 0 radical (unpaired) electrons. The van der Waals surface area contributed by atoms with E-state index in [1.54, 1.807) is 12.1 Å². The highest BCUT2D eigenvalue weighted by Gasteiger charge is 2.23. The average Bonchev–Trinajstić information content (AvgIpc) is 2.89. The first-order chi connectivity index (χ1) is 17.5. The molecule has 3 aromatic rings. The van der Waals surface area contributed by atoms with Gasteiger partial charge in [-0.25, -0.2) is 0 Å². The van der Waals surface area contributed by atoms with E-state index in [1.165, 1.54) is 6.92 Å². The zero-order chi connectivity index (χ0) is 25.5. The molecule has 0 spiro atoms. The van der Waals surface area contributed by atoms with Crippen LogP contribution in [0, 0.1) is 0 Å². The van der Waals surface area contributed by atoms with Gasteiger partial charge in [0.25, 0.3) is 0 Å². The molecule has 36 heavy (non-hydrogen) atoms. The van der Waals surface area contributed by atoms with Crippen LogP contribution in [0.4, 0.5) is 5.69 Å². The number of rotatable bonds is 10. The number of ketones is 1. The largest absolute Gasteiger partial charge is 0.507 e. The Balaban J connectivity index is 1.51. The molecule has 4 rings (SSSR count). The van der Waals surface area contributed by atoms with E-state index in [9.17, 15) is 9.90 Å². The van der Waals surface area contributed by atoms with Gasteiger partial charge in [-0.3, -0.25) is 4.79 Å². The fourth-order valence-corrected chi connectivity index (χ4v) is 4.47. The number of nitrogens with two attached hydrogens (primary N) is 1. The number of anilines is 1. The van der Waals surface area contributed by atoms with Crippen molar-refractivity contribution in [2.75, 3.05) is 12.3 Å². The lowest BCUT2D eigenvalue weighted by molar-refractivity contribution is -0.181. The molecule has 6 heteroatoms. The quantitative estimate of drug-likeness (QED) is 0.255. The fraction of sp³-hybridized carbons (Fsp3) is 0.367. The number of hydrogen-bond acceptors (Lipinski definition) is 6. The number of phenolic OH excluding ortho intramolecular Hbond substituents is 1. The van der Waals surface area contributed by atoms with Crippen molar-refractivity contribution in [2.45, 2.75) is 65.0 Å². The summed E-state index contributed by atoms with van der Waals surface area (Å²) in [6.07, 6.45) is 4.01. The predicted molar refractivity (Wildman–Crippen MR) is 140 cm³/mol. The Morgan fingerprint density at radius 1 is 1.06 bits per heavy atom. The van der Waals surface area contributed by atoms with Crippen molar-refractivity contribution >= 4 is 11.5 Å². The lowest BCUT2D eigenvalue weighted by Gasteiger charge is -2.28. The highest BCUT2D eigenvalue weighted by Crippen LogP contribution is 2.34. The van der Waals surface area contributed by atoms with Gasteiger partial charge in [-0.2, -0.15) is 0 Å². The average molecular weight is 490 g/mol. The van der Waals surface area contributed by atoms with Crippen molar-refractivity contribution in [3.8, 4) is 11.5 Å². The van der Waals surface area contributed by atoms with E-state index in [0.717, 1.165) is 49.0 Å². The summed E-state index contributed by atoms with van der Waals surface area (Å²) in [4.78, 5) is 11.8. The maximum absolute atomic E-state index is 11.8. The molecule has 2 unspecified atom stereocenters. The van der Waals surface area contributed by atoms with Gasteiger partial charge < -0.3 is 25.1 Å². The third kappa shape index (κ3) is 6.25. The number of benzene rings is 3. The molecule has 3 aromatic carbocycles. The summed E-state index contributed by atoms with van der Waals surface area (Å²) in [6.45, 7) is 4.54. The first-order valence-corrected chi connectivity index (χ1v) is 12.7. The van der Waals surface area contributed by atoms with Gasteiger partial charge in [0.15, 0.2) is 12.1 Å². The third-order valence-corrected chi connectivity index (χ3v) is 6.46. The topological polar surface area (TPSA) is 91.0 Å². The molecule has 2 atom stereocenters. The van der Waals surface area contributed by atoms with Crippen molar-refractivity contribution in [2.24, 2.45) is 0 Å². The molecule has 0 aromatic heterocycles. The first-order valence-electron chi connectivity index (χ1n) is 12.7. The van der Waals surface area contributed by atoms with Crippen LogP contribution in [0.5, 0.6) is 11.5 Å². The minimum atomic E-state index is -0.268. The SMILES string of the molecule is CCCc1c(OCc2ccc(C(OC3CCCCO3)c3ccc(N)cc3)cc2)ccc(C(C)=O)c1O. The van der Waals surface area contributed by atoms with E-state index >= 15 is 0 Å². The number of nitrogen functional groups attached to an aromatic ring is 1. The zero-order valence-corrected chi connectivity index (χ0v) is 21.0.